The molecule has 0 aliphatic carbocycles. The number of nitrogens with two attached hydrogens (primary N) is 1. The van der Waals surface area contributed by atoms with Crippen molar-refractivity contribution >= 4 is 12.2 Å². The average molecular weight is 254 g/mol. The minimum absolute atomic E-state index is 0.375. The van der Waals surface area contributed by atoms with E-state index in [1.165, 1.54) is 6.21 Å². The van der Waals surface area contributed by atoms with Crippen molar-refractivity contribution in [3.05, 3.63) is 65.2 Å². The molecule has 0 saturated heterocycles. The molecule has 4 nitrogen and oxygen atoms in total. The molecule has 0 fully saturated rings. The Kier molecular flexibility index (Phi) is 3.93. The third-order valence-electron chi connectivity index (χ3n) is 2.60. The zero-order chi connectivity index (χ0) is 13.7. The first-order valence-corrected chi connectivity index (χ1v) is 5.81. The summed E-state index contributed by atoms with van der Waals surface area (Å²) in [4.78, 5) is 11.9. The molecule has 0 amide bonds. The van der Waals surface area contributed by atoms with Crippen LogP contribution in [0.4, 0.5) is 0 Å². The first kappa shape index (κ1) is 12.8. The van der Waals surface area contributed by atoms with Crippen molar-refractivity contribution < 1.29 is 9.53 Å². The second-order valence-electron chi connectivity index (χ2n) is 4.10. The number of nitrogens with zero attached hydrogens (tertiary/aromatic N) is 1. The largest absolute Gasteiger partial charge is 0.423 e. The van der Waals surface area contributed by atoms with Gasteiger partial charge in [-0.05, 0) is 48.9 Å². The van der Waals surface area contributed by atoms with Crippen molar-refractivity contribution in [3.63, 3.8) is 0 Å². The molecular weight excluding hydrogens is 240 g/mol. The van der Waals surface area contributed by atoms with Crippen LogP contribution in [0.25, 0.3) is 0 Å². The maximum absolute atomic E-state index is 11.9. The van der Waals surface area contributed by atoms with Crippen molar-refractivity contribution in [1.82, 2.24) is 0 Å². The van der Waals surface area contributed by atoms with Gasteiger partial charge >= 0.3 is 5.97 Å². The number of carbonyl (C=O) groups is 1. The van der Waals surface area contributed by atoms with E-state index < -0.39 is 0 Å². The summed E-state index contributed by atoms with van der Waals surface area (Å²) >= 11 is 0. The Hall–Kier alpha value is -2.62. The molecule has 2 rings (SSSR count). The van der Waals surface area contributed by atoms with Gasteiger partial charge in [0.2, 0.25) is 0 Å². The third-order valence-corrected chi connectivity index (χ3v) is 2.60. The minimum atomic E-state index is -0.375. The first-order valence-electron chi connectivity index (χ1n) is 5.81. The van der Waals surface area contributed by atoms with Crippen LogP contribution in [0.5, 0.6) is 5.75 Å². The van der Waals surface area contributed by atoms with Crippen LogP contribution in [0.3, 0.4) is 0 Å². The first-order chi connectivity index (χ1) is 9.19. The van der Waals surface area contributed by atoms with Crippen LogP contribution in [0, 0.1) is 6.92 Å². The molecule has 4 heteroatoms. The lowest BCUT2D eigenvalue weighted by molar-refractivity contribution is 0.0735. The average Bonchev–Trinajstić information content (AvgIpc) is 2.42. The summed E-state index contributed by atoms with van der Waals surface area (Å²) in [5, 5.41) is 3.42. The summed E-state index contributed by atoms with van der Waals surface area (Å²) in [6.45, 7) is 1.97. The van der Waals surface area contributed by atoms with Gasteiger partial charge in [0.15, 0.2) is 0 Å². The maximum atomic E-state index is 11.9. The van der Waals surface area contributed by atoms with E-state index in [4.69, 9.17) is 10.6 Å². The highest BCUT2D eigenvalue weighted by Gasteiger charge is 2.07. The van der Waals surface area contributed by atoms with Crippen molar-refractivity contribution in [3.8, 4) is 5.75 Å². The van der Waals surface area contributed by atoms with Crippen molar-refractivity contribution in [2.24, 2.45) is 10.9 Å². The molecule has 2 aromatic carbocycles. The van der Waals surface area contributed by atoms with Crippen molar-refractivity contribution in [2.45, 2.75) is 6.92 Å². The summed E-state index contributed by atoms with van der Waals surface area (Å²) in [7, 11) is 0. The molecule has 0 radical (unpaired) electrons. The van der Waals surface area contributed by atoms with E-state index in [0.717, 1.165) is 11.1 Å². The standard InChI is InChI=1S/C15H14N2O2/c1-11-2-6-13(7-3-11)15(18)19-14-8-4-12(5-9-14)10-17-16/h2-10H,16H2,1H3. The van der Waals surface area contributed by atoms with Gasteiger partial charge in [0, 0.05) is 0 Å². The van der Waals surface area contributed by atoms with Crippen LogP contribution in [-0.2, 0) is 0 Å². The molecule has 96 valence electrons. The Labute approximate surface area is 111 Å². The molecule has 0 unspecified atom stereocenters. The predicted octanol–water partition coefficient (Wildman–Crippen LogP) is 2.51. The van der Waals surface area contributed by atoms with Crippen LogP contribution in [0.15, 0.2) is 53.6 Å². The van der Waals surface area contributed by atoms with Crippen LogP contribution in [0.1, 0.15) is 21.5 Å². The Morgan fingerprint density at radius 1 is 1.11 bits per heavy atom. The second-order valence-corrected chi connectivity index (χ2v) is 4.10. The number of hydrogen-bond acceptors (Lipinski definition) is 4. The molecule has 0 bridgehead atoms. The smallest absolute Gasteiger partial charge is 0.343 e. The lowest BCUT2D eigenvalue weighted by atomic mass is 10.1. The quantitative estimate of drug-likeness (QED) is 0.301. The van der Waals surface area contributed by atoms with E-state index in [1.54, 1.807) is 36.4 Å². The van der Waals surface area contributed by atoms with Crippen LogP contribution < -0.4 is 10.6 Å². The van der Waals surface area contributed by atoms with E-state index in [-0.39, 0.29) is 5.97 Å². The molecular formula is C15H14N2O2. The fraction of sp³-hybridized carbons (Fsp3) is 0.0667. The highest BCUT2D eigenvalue weighted by Crippen LogP contribution is 2.14. The van der Waals surface area contributed by atoms with Gasteiger partial charge in [0.25, 0.3) is 0 Å². The monoisotopic (exact) mass is 254 g/mol. The van der Waals surface area contributed by atoms with Gasteiger partial charge in [0.05, 0.1) is 11.8 Å². The number of aryl methyl sites for hydroxylation is 1. The lowest BCUT2D eigenvalue weighted by Gasteiger charge is -2.04. The maximum Gasteiger partial charge on any atom is 0.343 e. The number of ether oxygens (including phenoxy) is 1. The summed E-state index contributed by atoms with van der Waals surface area (Å²) < 4.78 is 5.26. The molecule has 0 spiro atoms. The highest BCUT2D eigenvalue weighted by atomic mass is 16.5. The molecule has 0 aliphatic heterocycles. The number of hydrogen-bond donors (Lipinski definition) is 1. The molecule has 0 aromatic heterocycles. The normalized spacial score (nSPS) is 10.6. The molecule has 0 atom stereocenters. The van der Waals surface area contributed by atoms with Crippen molar-refractivity contribution in [1.29, 1.82) is 0 Å². The topological polar surface area (TPSA) is 64.7 Å². The Morgan fingerprint density at radius 2 is 1.74 bits per heavy atom. The third kappa shape index (κ3) is 3.42. The van der Waals surface area contributed by atoms with Crippen LogP contribution in [-0.4, -0.2) is 12.2 Å². The summed E-state index contributed by atoms with van der Waals surface area (Å²) in [6.07, 6.45) is 1.52. The van der Waals surface area contributed by atoms with Crippen LogP contribution in [0.2, 0.25) is 0 Å². The number of rotatable bonds is 3. The molecule has 0 aliphatic rings. The number of carbonyl (C=O) groups excluding carboxylic acids is 1. The number of hydrazone groups is 1. The van der Waals surface area contributed by atoms with E-state index in [1.807, 2.05) is 19.1 Å². The molecule has 19 heavy (non-hydrogen) atoms. The fourth-order valence-electron chi connectivity index (χ4n) is 1.56. The van der Waals surface area contributed by atoms with E-state index in [9.17, 15) is 4.79 Å². The van der Waals surface area contributed by atoms with Gasteiger partial charge in [-0.3, -0.25) is 0 Å². The number of benzene rings is 2. The molecule has 0 heterocycles. The number of esters is 1. The minimum Gasteiger partial charge on any atom is -0.423 e. The molecule has 0 saturated carbocycles. The zero-order valence-corrected chi connectivity index (χ0v) is 10.5. The van der Waals surface area contributed by atoms with Gasteiger partial charge in [0.1, 0.15) is 5.75 Å². The Balaban J connectivity index is 2.08. The summed E-state index contributed by atoms with van der Waals surface area (Å²) in [5.74, 6) is 5.16. The fourth-order valence-corrected chi connectivity index (χ4v) is 1.56. The zero-order valence-electron chi connectivity index (χ0n) is 10.5. The molecule has 2 N–H and O–H groups in total. The SMILES string of the molecule is Cc1ccc(C(=O)Oc2ccc(C=NN)cc2)cc1. The van der Waals surface area contributed by atoms with Gasteiger partial charge in [-0.15, -0.1) is 0 Å². The highest BCUT2D eigenvalue weighted by molar-refractivity contribution is 5.91. The second kappa shape index (κ2) is 5.82. The lowest BCUT2D eigenvalue weighted by Crippen LogP contribution is -2.08. The van der Waals surface area contributed by atoms with Crippen LogP contribution >= 0.6 is 0 Å². The van der Waals surface area contributed by atoms with E-state index >= 15 is 0 Å². The van der Waals surface area contributed by atoms with Gasteiger partial charge in [-0.1, -0.05) is 17.7 Å². The predicted molar refractivity (Wildman–Crippen MR) is 74.4 cm³/mol. The Morgan fingerprint density at radius 3 is 2.32 bits per heavy atom. The Bertz CT molecular complexity index is 587. The van der Waals surface area contributed by atoms with E-state index in [0.29, 0.717) is 11.3 Å². The van der Waals surface area contributed by atoms with Gasteiger partial charge in [-0.2, -0.15) is 5.10 Å². The van der Waals surface area contributed by atoms with E-state index in [2.05, 4.69) is 5.10 Å². The summed E-state index contributed by atoms with van der Waals surface area (Å²) in [6, 6.07) is 14.2. The van der Waals surface area contributed by atoms with Gasteiger partial charge < -0.3 is 10.6 Å². The van der Waals surface area contributed by atoms with Gasteiger partial charge in [-0.25, -0.2) is 4.79 Å². The molecule has 2 aromatic rings. The van der Waals surface area contributed by atoms with Crippen molar-refractivity contribution in [2.75, 3.05) is 0 Å². The summed E-state index contributed by atoms with van der Waals surface area (Å²) in [5.41, 5.74) is 2.47.